The second-order valence-electron chi connectivity index (χ2n) is 4.15. The van der Waals surface area contributed by atoms with Crippen LogP contribution in [0.25, 0.3) is 0 Å². The molecule has 80 valence electrons. The first kappa shape index (κ1) is 11.5. The fourth-order valence-corrected chi connectivity index (χ4v) is 1.83. The van der Waals surface area contributed by atoms with E-state index in [-0.39, 0.29) is 6.10 Å². The largest absolute Gasteiger partial charge is 0.389 e. The van der Waals surface area contributed by atoms with Crippen molar-refractivity contribution < 1.29 is 5.11 Å². The Morgan fingerprint density at radius 2 is 2.14 bits per heavy atom. The average molecular weight is 194 g/mol. The summed E-state index contributed by atoms with van der Waals surface area (Å²) >= 11 is 0. The van der Waals surface area contributed by atoms with Crippen molar-refractivity contribution in [1.29, 1.82) is 0 Å². The Kier molecular flexibility index (Phi) is 5.62. The highest BCUT2D eigenvalue weighted by atomic mass is 16.3. The molecule has 1 aliphatic rings. The van der Waals surface area contributed by atoms with Crippen molar-refractivity contribution >= 4 is 0 Å². The Morgan fingerprint density at radius 1 is 1.29 bits per heavy atom. The monoisotopic (exact) mass is 194 g/mol. The van der Waals surface area contributed by atoms with Crippen molar-refractivity contribution in [2.45, 2.75) is 51.6 Å². The second-order valence-corrected chi connectivity index (χ2v) is 4.15. The van der Waals surface area contributed by atoms with Gasteiger partial charge >= 0.3 is 0 Å². The zero-order valence-corrected chi connectivity index (χ0v) is 9.15. The van der Waals surface area contributed by atoms with Crippen LogP contribution in [0.3, 0.4) is 0 Å². The number of allylic oxidation sites excluding steroid dienone is 3. The van der Waals surface area contributed by atoms with Crippen LogP contribution in [0.1, 0.15) is 45.4 Å². The van der Waals surface area contributed by atoms with Gasteiger partial charge in [0.1, 0.15) is 0 Å². The smallest absolute Gasteiger partial charge is 0.0726 e. The minimum Gasteiger partial charge on any atom is -0.389 e. The molecule has 1 nitrogen and oxygen atoms in total. The van der Waals surface area contributed by atoms with Crippen molar-refractivity contribution in [2.75, 3.05) is 0 Å². The van der Waals surface area contributed by atoms with Gasteiger partial charge in [0.05, 0.1) is 6.10 Å². The molecule has 0 bridgehead atoms. The predicted molar refractivity (Wildman–Crippen MR) is 61.2 cm³/mol. The van der Waals surface area contributed by atoms with E-state index in [1.165, 1.54) is 25.7 Å². The summed E-state index contributed by atoms with van der Waals surface area (Å²) < 4.78 is 0. The second kappa shape index (κ2) is 6.83. The fourth-order valence-electron chi connectivity index (χ4n) is 1.83. The van der Waals surface area contributed by atoms with Crippen molar-refractivity contribution in [3.8, 4) is 0 Å². The molecule has 0 saturated carbocycles. The lowest BCUT2D eigenvalue weighted by Gasteiger charge is -2.04. The van der Waals surface area contributed by atoms with Crippen molar-refractivity contribution in [3.05, 3.63) is 24.3 Å². The van der Waals surface area contributed by atoms with Crippen molar-refractivity contribution in [3.63, 3.8) is 0 Å². The molecule has 1 unspecified atom stereocenters. The number of unbranched alkanes of at least 4 members (excludes halogenated alkanes) is 3. The highest BCUT2D eigenvalue weighted by Crippen LogP contribution is 2.21. The van der Waals surface area contributed by atoms with Crippen LogP contribution in [0.2, 0.25) is 0 Å². The highest BCUT2D eigenvalue weighted by molar-refractivity contribution is 5.04. The van der Waals surface area contributed by atoms with Gasteiger partial charge in [-0.2, -0.15) is 0 Å². The van der Waals surface area contributed by atoms with E-state index in [4.69, 9.17) is 0 Å². The summed E-state index contributed by atoms with van der Waals surface area (Å²) in [7, 11) is 0. The molecule has 1 rings (SSSR count). The lowest BCUT2D eigenvalue weighted by Crippen LogP contribution is -2.00. The molecule has 0 spiro atoms. The third-order valence-corrected chi connectivity index (χ3v) is 2.73. The molecule has 2 atom stereocenters. The van der Waals surface area contributed by atoms with E-state index < -0.39 is 0 Å². The van der Waals surface area contributed by atoms with Gasteiger partial charge < -0.3 is 5.11 Å². The molecule has 0 aromatic rings. The van der Waals surface area contributed by atoms with Crippen molar-refractivity contribution in [1.82, 2.24) is 0 Å². The molecular weight excluding hydrogens is 172 g/mol. The molecule has 0 aliphatic heterocycles. The summed E-state index contributed by atoms with van der Waals surface area (Å²) in [5.41, 5.74) is 0. The van der Waals surface area contributed by atoms with E-state index in [1.807, 2.05) is 6.08 Å². The summed E-state index contributed by atoms with van der Waals surface area (Å²) in [6.45, 7) is 2.23. The molecule has 0 radical (unpaired) electrons. The third kappa shape index (κ3) is 4.61. The maximum Gasteiger partial charge on any atom is 0.0726 e. The highest BCUT2D eigenvalue weighted by Gasteiger charge is 2.14. The molecule has 0 saturated heterocycles. The van der Waals surface area contributed by atoms with E-state index in [1.54, 1.807) is 0 Å². The minimum atomic E-state index is -0.187. The van der Waals surface area contributed by atoms with Crippen molar-refractivity contribution in [2.24, 2.45) is 5.92 Å². The first-order valence-electron chi connectivity index (χ1n) is 5.84. The molecule has 1 N–H and O–H groups in total. The van der Waals surface area contributed by atoms with E-state index in [0.717, 1.165) is 12.8 Å². The number of hydrogen-bond donors (Lipinski definition) is 1. The van der Waals surface area contributed by atoms with Crippen LogP contribution in [0.5, 0.6) is 0 Å². The topological polar surface area (TPSA) is 20.2 Å². The Labute approximate surface area is 87.5 Å². The van der Waals surface area contributed by atoms with Crippen LogP contribution in [-0.4, -0.2) is 11.2 Å². The molecule has 14 heavy (non-hydrogen) atoms. The van der Waals surface area contributed by atoms with Crippen LogP contribution in [0, 0.1) is 5.92 Å². The average Bonchev–Trinajstić information content (AvgIpc) is 2.58. The molecule has 1 heteroatoms. The Morgan fingerprint density at radius 3 is 2.79 bits per heavy atom. The summed E-state index contributed by atoms with van der Waals surface area (Å²) in [5, 5.41) is 9.26. The van der Waals surface area contributed by atoms with Gasteiger partial charge in [-0.1, -0.05) is 44.1 Å². The molecule has 1 aliphatic carbocycles. The summed E-state index contributed by atoms with van der Waals surface area (Å²) in [4.78, 5) is 0. The first-order valence-corrected chi connectivity index (χ1v) is 5.84. The van der Waals surface area contributed by atoms with E-state index in [9.17, 15) is 5.11 Å². The Hall–Kier alpha value is -0.560. The van der Waals surface area contributed by atoms with Crippen LogP contribution in [0.4, 0.5) is 0 Å². The lowest BCUT2D eigenvalue weighted by molar-refractivity contribution is 0.210. The predicted octanol–water partition coefficient (Wildman–Crippen LogP) is 3.45. The summed E-state index contributed by atoms with van der Waals surface area (Å²) in [5.74, 6) is 0.576. The third-order valence-electron chi connectivity index (χ3n) is 2.73. The zero-order chi connectivity index (χ0) is 10.2. The first-order chi connectivity index (χ1) is 6.83. The normalized spacial score (nSPS) is 26.4. The number of hydrogen-bond acceptors (Lipinski definition) is 1. The molecule has 0 fully saturated rings. The van der Waals surface area contributed by atoms with Gasteiger partial charge in [0.2, 0.25) is 0 Å². The van der Waals surface area contributed by atoms with Gasteiger partial charge in [-0.05, 0) is 31.6 Å². The Balaban J connectivity index is 2.00. The summed E-state index contributed by atoms with van der Waals surface area (Å²) in [6.07, 6.45) is 15.6. The van der Waals surface area contributed by atoms with Gasteiger partial charge in [-0.3, -0.25) is 0 Å². The van der Waals surface area contributed by atoms with Gasteiger partial charge in [0.15, 0.2) is 0 Å². The molecule has 0 aromatic heterocycles. The molecule has 0 aromatic carbocycles. The van der Waals surface area contributed by atoms with Gasteiger partial charge in [0.25, 0.3) is 0 Å². The number of aliphatic hydroxyl groups is 1. The maximum absolute atomic E-state index is 9.26. The fraction of sp³-hybridized carbons (Fsp3) is 0.692. The minimum absolute atomic E-state index is 0.187. The molecule has 0 heterocycles. The van der Waals surface area contributed by atoms with Gasteiger partial charge in [-0.15, -0.1) is 0 Å². The molecular formula is C13H22O. The standard InChI is InChI=1S/C13H22O/c1-2-3-4-5-6-7-8-12-9-10-13(14)11-12/h6-7,9-10,12-14H,2-5,8,11H2,1H3/b7-6-/t12-,13?/m0/s1. The lowest BCUT2D eigenvalue weighted by atomic mass is 10.0. The van der Waals surface area contributed by atoms with Crippen LogP contribution < -0.4 is 0 Å². The Bertz CT molecular complexity index is 193. The number of rotatable bonds is 6. The summed E-state index contributed by atoms with van der Waals surface area (Å²) in [6, 6.07) is 0. The molecule has 0 amide bonds. The van der Waals surface area contributed by atoms with E-state index in [0.29, 0.717) is 5.92 Å². The van der Waals surface area contributed by atoms with Gasteiger partial charge in [0, 0.05) is 0 Å². The SMILES string of the molecule is CCCCC/C=C\C[C@H]1C=CC(O)C1. The zero-order valence-electron chi connectivity index (χ0n) is 9.15. The quantitative estimate of drug-likeness (QED) is 0.507. The van der Waals surface area contributed by atoms with Crippen LogP contribution in [0.15, 0.2) is 24.3 Å². The van der Waals surface area contributed by atoms with E-state index >= 15 is 0 Å². The van der Waals surface area contributed by atoms with Crippen LogP contribution >= 0.6 is 0 Å². The van der Waals surface area contributed by atoms with Crippen LogP contribution in [-0.2, 0) is 0 Å². The van der Waals surface area contributed by atoms with E-state index in [2.05, 4.69) is 25.2 Å². The maximum atomic E-state index is 9.26. The van der Waals surface area contributed by atoms with Gasteiger partial charge in [-0.25, -0.2) is 0 Å². The number of aliphatic hydroxyl groups excluding tert-OH is 1.